The number of amides is 1. The molecule has 3 rings (SSSR count). The number of rotatable bonds is 5. The summed E-state index contributed by atoms with van der Waals surface area (Å²) < 4.78 is 0. The monoisotopic (exact) mass is 372 g/mol. The molecule has 9 heteroatoms. The van der Waals surface area contributed by atoms with Gasteiger partial charge in [-0.1, -0.05) is 11.6 Å². The number of fused-ring (bicyclic) bond motifs is 1. The van der Waals surface area contributed by atoms with Crippen molar-refractivity contribution in [3.8, 4) is 0 Å². The van der Waals surface area contributed by atoms with Crippen LogP contribution in [-0.2, 0) is 6.54 Å². The molecule has 2 heterocycles. The third-order valence-electron chi connectivity index (χ3n) is 3.74. The van der Waals surface area contributed by atoms with E-state index in [1.54, 1.807) is 18.2 Å². The lowest BCUT2D eigenvalue weighted by Crippen LogP contribution is -2.18. The number of hydrogen-bond acceptors (Lipinski definition) is 5. The van der Waals surface area contributed by atoms with Crippen molar-refractivity contribution in [2.45, 2.75) is 6.54 Å². The van der Waals surface area contributed by atoms with Crippen LogP contribution in [0.25, 0.3) is 10.9 Å². The summed E-state index contributed by atoms with van der Waals surface area (Å²) in [6.45, 7) is 0.266. The summed E-state index contributed by atoms with van der Waals surface area (Å²) in [5.74, 6) is -1.39. The lowest BCUT2D eigenvalue weighted by Gasteiger charge is -2.10. The van der Waals surface area contributed by atoms with Crippen LogP contribution >= 0.6 is 11.6 Å². The number of nitrogens with two attached hydrogens (primary N) is 1. The van der Waals surface area contributed by atoms with Crippen molar-refractivity contribution in [2.24, 2.45) is 5.73 Å². The van der Waals surface area contributed by atoms with E-state index < -0.39 is 17.4 Å². The molecule has 0 aliphatic rings. The summed E-state index contributed by atoms with van der Waals surface area (Å²) in [6.07, 6.45) is 1.35. The normalized spacial score (nSPS) is 10.7. The Morgan fingerprint density at radius 2 is 2.04 bits per heavy atom. The van der Waals surface area contributed by atoms with E-state index in [2.05, 4.69) is 15.3 Å². The highest BCUT2D eigenvalue weighted by Gasteiger charge is 2.13. The average molecular weight is 373 g/mol. The second-order valence-corrected chi connectivity index (χ2v) is 5.93. The number of benzene rings is 1. The summed E-state index contributed by atoms with van der Waals surface area (Å²) in [7, 11) is 0. The van der Waals surface area contributed by atoms with Crippen LogP contribution in [0.2, 0.25) is 5.02 Å². The number of carboxylic acids is 1. The van der Waals surface area contributed by atoms with Gasteiger partial charge in [-0.05, 0) is 35.9 Å². The highest BCUT2D eigenvalue weighted by atomic mass is 35.5. The van der Waals surface area contributed by atoms with Crippen molar-refractivity contribution >= 4 is 40.2 Å². The number of pyridine rings is 2. The second kappa shape index (κ2) is 6.85. The molecule has 8 nitrogen and oxygen atoms in total. The molecule has 1 aromatic carbocycles. The largest absolute Gasteiger partial charge is 0.477 e. The molecule has 0 saturated heterocycles. The van der Waals surface area contributed by atoms with E-state index in [4.69, 9.17) is 22.4 Å². The van der Waals surface area contributed by atoms with Crippen molar-refractivity contribution in [1.82, 2.24) is 9.97 Å². The first-order valence-electron chi connectivity index (χ1n) is 7.43. The number of anilines is 1. The Hall–Kier alpha value is -3.39. The van der Waals surface area contributed by atoms with Gasteiger partial charge in [-0.3, -0.25) is 9.59 Å². The van der Waals surface area contributed by atoms with E-state index in [0.29, 0.717) is 27.3 Å². The number of hydrogen-bond donors (Lipinski definition) is 4. The number of nitrogens with zero attached hydrogens (tertiary/aromatic N) is 1. The van der Waals surface area contributed by atoms with Crippen molar-refractivity contribution in [1.29, 1.82) is 0 Å². The van der Waals surface area contributed by atoms with Crippen LogP contribution in [0.15, 0.2) is 41.3 Å². The maximum atomic E-state index is 11.9. The Balaban J connectivity index is 1.94. The van der Waals surface area contributed by atoms with Gasteiger partial charge in [-0.15, -0.1) is 0 Å². The average Bonchev–Trinajstić information content (AvgIpc) is 2.59. The zero-order chi connectivity index (χ0) is 18.8. The highest BCUT2D eigenvalue weighted by molar-refractivity contribution is 6.31. The van der Waals surface area contributed by atoms with Crippen LogP contribution in [-0.4, -0.2) is 27.0 Å². The quantitative estimate of drug-likeness (QED) is 0.540. The predicted molar refractivity (Wildman–Crippen MR) is 96.6 cm³/mol. The fourth-order valence-corrected chi connectivity index (χ4v) is 2.73. The number of H-pyrrole nitrogens is 1. The summed E-state index contributed by atoms with van der Waals surface area (Å²) in [5.41, 5.74) is 5.53. The molecule has 0 aliphatic heterocycles. The summed E-state index contributed by atoms with van der Waals surface area (Å²) in [4.78, 5) is 40.8. The standard InChI is InChI=1S/C17H13ClN4O4/c18-11-3-9-5-12(17(25)26)16(24)22-14(9)10(4-11)7-21-13-2-1-8(6-20-13)15(19)23/h1-6H,7H2,(H2,19,23)(H,20,21)(H,22,24)(H,25,26). The number of carboxylic acid groups (broad SMARTS) is 1. The van der Waals surface area contributed by atoms with Gasteiger partial charge in [0.25, 0.3) is 5.56 Å². The van der Waals surface area contributed by atoms with Gasteiger partial charge in [0.05, 0.1) is 11.1 Å². The summed E-state index contributed by atoms with van der Waals surface area (Å²) >= 11 is 6.10. The van der Waals surface area contributed by atoms with Crippen LogP contribution in [0, 0.1) is 0 Å². The molecule has 0 fully saturated rings. The third kappa shape index (κ3) is 3.50. The van der Waals surface area contributed by atoms with Crippen LogP contribution in [0.4, 0.5) is 5.82 Å². The lowest BCUT2D eigenvalue weighted by molar-refractivity contribution is 0.0695. The van der Waals surface area contributed by atoms with E-state index in [9.17, 15) is 14.4 Å². The van der Waals surface area contributed by atoms with Crippen LogP contribution in [0.1, 0.15) is 26.3 Å². The maximum Gasteiger partial charge on any atom is 0.341 e. The number of halogens is 1. The number of aromatic amines is 1. The first-order chi connectivity index (χ1) is 12.3. The molecule has 2 aromatic heterocycles. The predicted octanol–water partition coefficient (Wildman–Crippen LogP) is 1.99. The van der Waals surface area contributed by atoms with Gasteiger partial charge in [0.2, 0.25) is 5.91 Å². The minimum atomic E-state index is -1.31. The van der Waals surface area contributed by atoms with Gasteiger partial charge >= 0.3 is 5.97 Å². The van der Waals surface area contributed by atoms with E-state index in [1.165, 1.54) is 18.3 Å². The number of primary amides is 1. The first kappa shape index (κ1) is 17.4. The van der Waals surface area contributed by atoms with Gasteiger partial charge in [0, 0.05) is 23.2 Å². The van der Waals surface area contributed by atoms with Gasteiger partial charge in [-0.25, -0.2) is 9.78 Å². The molecule has 0 bridgehead atoms. The Bertz CT molecular complexity index is 1080. The molecule has 26 heavy (non-hydrogen) atoms. The van der Waals surface area contributed by atoms with Gasteiger partial charge in [0.1, 0.15) is 11.4 Å². The van der Waals surface area contributed by atoms with Crippen molar-refractivity contribution in [3.05, 3.63) is 68.6 Å². The van der Waals surface area contributed by atoms with Gasteiger partial charge < -0.3 is 21.1 Å². The molecule has 1 amide bonds. The topological polar surface area (TPSA) is 138 Å². The molecule has 5 N–H and O–H groups in total. The SMILES string of the molecule is NC(=O)c1ccc(NCc2cc(Cl)cc3cc(C(=O)O)c(=O)[nH]c23)nc1. The molecule has 0 saturated carbocycles. The van der Waals surface area contributed by atoms with Crippen molar-refractivity contribution in [3.63, 3.8) is 0 Å². The molecule has 3 aromatic rings. The zero-order valence-corrected chi connectivity index (χ0v) is 14.0. The summed E-state index contributed by atoms with van der Waals surface area (Å²) in [6, 6.07) is 7.65. The highest BCUT2D eigenvalue weighted by Crippen LogP contribution is 2.23. The third-order valence-corrected chi connectivity index (χ3v) is 3.95. The second-order valence-electron chi connectivity index (χ2n) is 5.50. The minimum Gasteiger partial charge on any atom is -0.477 e. The molecular weight excluding hydrogens is 360 g/mol. The van der Waals surface area contributed by atoms with Crippen molar-refractivity contribution in [2.75, 3.05) is 5.32 Å². The fourth-order valence-electron chi connectivity index (χ4n) is 2.48. The molecule has 0 unspecified atom stereocenters. The lowest BCUT2D eigenvalue weighted by atomic mass is 10.1. The fraction of sp³-hybridized carbons (Fsp3) is 0.0588. The molecule has 132 valence electrons. The smallest absolute Gasteiger partial charge is 0.341 e. The Labute approximate surface area is 151 Å². The van der Waals surface area contributed by atoms with Crippen LogP contribution in [0.5, 0.6) is 0 Å². The molecule has 0 spiro atoms. The Morgan fingerprint density at radius 1 is 1.27 bits per heavy atom. The molecular formula is C17H13ClN4O4. The summed E-state index contributed by atoms with van der Waals surface area (Å²) in [5, 5.41) is 13.0. The number of carbonyl (C=O) groups is 2. The molecule has 0 aliphatic carbocycles. The zero-order valence-electron chi connectivity index (χ0n) is 13.2. The first-order valence-corrected chi connectivity index (χ1v) is 7.81. The van der Waals surface area contributed by atoms with Crippen LogP contribution < -0.4 is 16.6 Å². The van der Waals surface area contributed by atoms with E-state index in [0.717, 1.165) is 0 Å². The molecule has 0 atom stereocenters. The van der Waals surface area contributed by atoms with Gasteiger partial charge in [-0.2, -0.15) is 0 Å². The van der Waals surface area contributed by atoms with Crippen molar-refractivity contribution < 1.29 is 14.7 Å². The number of carbonyl (C=O) groups excluding carboxylic acids is 1. The number of aromatic carboxylic acids is 1. The maximum absolute atomic E-state index is 11.9. The van der Waals surface area contributed by atoms with E-state index in [-0.39, 0.29) is 17.7 Å². The van der Waals surface area contributed by atoms with Gasteiger partial charge in [0.15, 0.2) is 0 Å². The Morgan fingerprint density at radius 3 is 2.65 bits per heavy atom. The van der Waals surface area contributed by atoms with E-state index in [1.807, 2.05) is 0 Å². The van der Waals surface area contributed by atoms with E-state index >= 15 is 0 Å². The number of nitrogens with one attached hydrogen (secondary N) is 2. The van der Waals surface area contributed by atoms with Crippen LogP contribution in [0.3, 0.4) is 0 Å². The Kier molecular flexibility index (Phi) is 4.59. The minimum absolute atomic E-state index is 0.266. The number of aromatic nitrogens is 2. The molecule has 0 radical (unpaired) electrons.